The standard InChI is InChI=1S/C55H59F4N11O6/c1-4-37-40(56)8-5-30-19-34(71)21-38(45(30)37)48-47(59)49-39(23-60-48)52(69-25-31-6-7-32(26-69)61-31)64-54(63-49)75-28-33-20-36(27-65(33)2)76-35-13-15-67(16-14-35)24-29-11-17-68(18-12-29)43-22-41(57)50-51(46(43)58)66(3)55(74)70(50)42-9-10-44(72)62-53(42)73/h1,5,8,19,21-23,29,31-33,35-36,42,61,71H,6-7,9-18,20,24-28H2,2-3H3,(H,62,72,73)/t31?,32?,33-,36+,42?/m0/s1. The first kappa shape index (κ1) is 50.0. The van der Waals surface area contributed by atoms with Crippen LogP contribution in [-0.4, -0.2) is 147 Å². The smallest absolute Gasteiger partial charge is 0.329 e. The number of halogens is 4. The number of likely N-dealkylation sites (N-methyl/N-ethyl adjacent to an activating group) is 1. The molecule has 6 aliphatic rings. The maximum atomic E-state index is 17.1. The number of likely N-dealkylation sites (tertiary alicyclic amines) is 2. The van der Waals surface area contributed by atoms with Crippen molar-refractivity contribution in [1.29, 1.82) is 0 Å². The van der Waals surface area contributed by atoms with Gasteiger partial charge in [-0.3, -0.25) is 33.9 Å². The third kappa shape index (κ3) is 9.05. The van der Waals surface area contributed by atoms with Crippen molar-refractivity contribution in [1.82, 2.24) is 44.5 Å². The highest BCUT2D eigenvalue weighted by Gasteiger charge is 2.38. The zero-order chi connectivity index (χ0) is 52.7. The minimum absolute atomic E-state index is 0.0103. The third-order valence-electron chi connectivity index (χ3n) is 16.8. The fourth-order valence-electron chi connectivity index (χ4n) is 12.9. The molecule has 0 spiro atoms. The Labute approximate surface area is 435 Å². The van der Waals surface area contributed by atoms with E-state index in [1.165, 1.54) is 37.5 Å². The molecule has 6 saturated heterocycles. The number of piperazine rings is 1. The lowest BCUT2D eigenvalue weighted by molar-refractivity contribution is -0.135. The van der Waals surface area contributed by atoms with Gasteiger partial charge in [0.25, 0.3) is 0 Å². The molecule has 9 heterocycles. The molecule has 76 heavy (non-hydrogen) atoms. The summed E-state index contributed by atoms with van der Waals surface area (Å²) in [5.74, 6) is -1.01. The van der Waals surface area contributed by atoms with Crippen LogP contribution in [0.3, 0.4) is 0 Å². The number of nitrogens with zero attached hydrogens (tertiary/aromatic N) is 9. The van der Waals surface area contributed by atoms with E-state index in [4.69, 9.17) is 20.9 Å². The first-order chi connectivity index (χ1) is 36.7. The minimum Gasteiger partial charge on any atom is -0.508 e. The van der Waals surface area contributed by atoms with Crippen molar-refractivity contribution in [3.8, 4) is 35.4 Å². The molecule has 0 radical (unpaired) electrons. The second-order valence-corrected chi connectivity index (χ2v) is 21.6. The number of aromatic nitrogens is 5. The van der Waals surface area contributed by atoms with Gasteiger partial charge >= 0.3 is 11.7 Å². The Balaban J connectivity index is 0.673. The molecular formula is C55H59F4N11O6. The van der Waals surface area contributed by atoms with Gasteiger partial charge in [-0.1, -0.05) is 12.0 Å². The lowest BCUT2D eigenvalue weighted by Gasteiger charge is -2.38. The van der Waals surface area contributed by atoms with Crippen LogP contribution >= 0.6 is 0 Å². The predicted octanol–water partition coefficient (Wildman–Crippen LogP) is 5.51. The summed E-state index contributed by atoms with van der Waals surface area (Å²) < 4.78 is 79.5. The topological polar surface area (TPSA) is 175 Å². The zero-order valence-electron chi connectivity index (χ0n) is 42.3. The molecule has 3 unspecified atom stereocenters. The van der Waals surface area contributed by atoms with Gasteiger partial charge in [0.05, 0.1) is 28.8 Å². The van der Waals surface area contributed by atoms with Gasteiger partial charge in [0.1, 0.15) is 52.3 Å². The Bertz CT molecular complexity index is 3410. The summed E-state index contributed by atoms with van der Waals surface area (Å²) in [5, 5.41) is 17.6. The van der Waals surface area contributed by atoms with Crippen molar-refractivity contribution in [3.05, 3.63) is 75.8 Å². The number of terminal acetylenes is 1. The van der Waals surface area contributed by atoms with Gasteiger partial charge in [-0.15, -0.1) is 6.42 Å². The number of anilines is 2. The van der Waals surface area contributed by atoms with E-state index in [1.807, 2.05) is 11.9 Å². The molecule has 17 nitrogen and oxygen atoms in total. The summed E-state index contributed by atoms with van der Waals surface area (Å²) in [4.78, 5) is 60.4. The number of amides is 2. The molecule has 6 aromatic rings. The lowest BCUT2D eigenvalue weighted by atomic mass is 9.94. The van der Waals surface area contributed by atoms with Crippen molar-refractivity contribution in [3.63, 3.8) is 0 Å². The molecule has 21 heteroatoms. The van der Waals surface area contributed by atoms with Gasteiger partial charge in [-0.05, 0) is 87.9 Å². The molecule has 3 N–H and O–H groups in total. The van der Waals surface area contributed by atoms with Gasteiger partial charge in [0, 0.05) is 107 Å². The number of carbonyl (C=O) groups is 2. The van der Waals surface area contributed by atoms with E-state index in [2.05, 4.69) is 41.2 Å². The van der Waals surface area contributed by atoms with Gasteiger partial charge in [0.15, 0.2) is 17.5 Å². The monoisotopic (exact) mass is 1050 g/mol. The Kier molecular flexibility index (Phi) is 13.1. The molecule has 3 aromatic carbocycles. The number of nitrogens with one attached hydrogen (secondary N) is 2. The van der Waals surface area contributed by atoms with Crippen LogP contribution in [0.15, 0.2) is 41.3 Å². The van der Waals surface area contributed by atoms with Gasteiger partial charge in [-0.25, -0.2) is 22.4 Å². The number of carbonyl (C=O) groups excluding carboxylic acids is 2. The van der Waals surface area contributed by atoms with E-state index in [0.29, 0.717) is 55.2 Å². The number of benzene rings is 3. The number of hydrogen-bond donors (Lipinski definition) is 3. The first-order valence-corrected chi connectivity index (χ1v) is 26.4. The molecule has 6 fully saturated rings. The summed E-state index contributed by atoms with van der Waals surface area (Å²) in [6, 6.07) is 5.99. The molecule has 3 aromatic heterocycles. The Morgan fingerprint density at radius 3 is 2.34 bits per heavy atom. The number of hydrogen-bond acceptors (Lipinski definition) is 14. The molecular weight excluding hydrogens is 987 g/mol. The van der Waals surface area contributed by atoms with E-state index in [0.717, 1.165) is 79.8 Å². The third-order valence-corrected chi connectivity index (χ3v) is 16.8. The highest BCUT2D eigenvalue weighted by Crippen LogP contribution is 2.40. The summed E-state index contributed by atoms with van der Waals surface area (Å²) in [5.41, 5.74) is -1.22. The van der Waals surface area contributed by atoms with E-state index >= 15 is 17.6 Å². The van der Waals surface area contributed by atoms with Crippen LogP contribution in [0.5, 0.6) is 11.8 Å². The van der Waals surface area contributed by atoms with E-state index in [9.17, 15) is 19.5 Å². The van der Waals surface area contributed by atoms with Crippen molar-refractivity contribution in [2.24, 2.45) is 13.0 Å². The van der Waals surface area contributed by atoms with E-state index in [1.54, 1.807) is 0 Å². The number of ether oxygens (including phenoxy) is 2. The summed E-state index contributed by atoms with van der Waals surface area (Å²) in [7, 11) is 3.39. The number of phenolic OH excluding ortho intramolecular Hbond substituents is 1. The largest absolute Gasteiger partial charge is 0.508 e. The van der Waals surface area contributed by atoms with Gasteiger partial charge in [0.2, 0.25) is 11.8 Å². The SMILES string of the molecule is C#Cc1c(F)ccc2cc(O)cc(-c3ncc4c(N5CC6CCC(C5)N6)nc(OC[C@@H]5C[C@@H](OC6CCN(CC7CCN(c8cc(F)c9c(c8F)n(C)c(=O)n9C8CCC(=O)NC8=O)CC7)CC6)CN5C)nc4c3F)c12. The minimum atomic E-state index is -1.12. The summed E-state index contributed by atoms with van der Waals surface area (Å²) >= 11 is 0. The van der Waals surface area contributed by atoms with Gasteiger partial charge in [-0.2, -0.15) is 9.97 Å². The fraction of sp³-hybridized carbons (Fsp3) is 0.491. The van der Waals surface area contributed by atoms with Crippen molar-refractivity contribution in [2.75, 3.05) is 75.8 Å². The zero-order valence-corrected chi connectivity index (χ0v) is 42.3. The normalized spacial score (nSPS) is 24.1. The Morgan fingerprint density at radius 1 is 0.842 bits per heavy atom. The van der Waals surface area contributed by atoms with Crippen LogP contribution in [0.4, 0.5) is 29.1 Å². The lowest BCUT2D eigenvalue weighted by Crippen LogP contribution is -2.51. The summed E-state index contributed by atoms with van der Waals surface area (Å²) in [6.45, 7) is 5.96. The van der Waals surface area contributed by atoms with Crippen molar-refractivity contribution >= 4 is 56.0 Å². The number of imide groups is 1. The average Bonchev–Trinajstić information content (AvgIpc) is 4.20. The number of aryl methyl sites for hydroxylation is 1. The van der Waals surface area contributed by atoms with E-state index < -0.39 is 46.8 Å². The quantitative estimate of drug-likeness (QED) is 0.0842. The first-order valence-electron chi connectivity index (χ1n) is 26.4. The van der Waals surface area contributed by atoms with Crippen LogP contribution in [0, 0.1) is 41.5 Å². The highest BCUT2D eigenvalue weighted by atomic mass is 19.1. The number of rotatable bonds is 11. The molecule has 0 aliphatic carbocycles. The molecule has 5 atom stereocenters. The van der Waals surface area contributed by atoms with Crippen molar-refractivity contribution < 1.29 is 41.7 Å². The molecule has 2 amide bonds. The maximum absolute atomic E-state index is 17.1. The number of fused-ring (bicyclic) bond motifs is 5. The van der Waals surface area contributed by atoms with Crippen LogP contribution in [0.25, 0.3) is 44.0 Å². The molecule has 12 rings (SSSR count). The molecule has 2 bridgehead atoms. The Hall–Kier alpha value is -6.86. The number of phenols is 1. The molecule has 0 saturated carbocycles. The second-order valence-electron chi connectivity index (χ2n) is 21.6. The van der Waals surface area contributed by atoms with Crippen LogP contribution in [0.2, 0.25) is 0 Å². The second kappa shape index (κ2) is 19.9. The summed E-state index contributed by atoms with van der Waals surface area (Å²) in [6.07, 6.45) is 13.5. The predicted molar refractivity (Wildman–Crippen MR) is 276 cm³/mol. The van der Waals surface area contributed by atoms with Gasteiger partial charge < -0.3 is 34.6 Å². The van der Waals surface area contributed by atoms with Crippen LogP contribution < -0.4 is 30.9 Å². The fourth-order valence-corrected chi connectivity index (χ4v) is 12.9. The number of pyridine rings is 1. The number of aromatic hydroxyl groups is 1. The van der Waals surface area contributed by atoms with Crippen LogP contribution in [0.1, 0.15) is 69.4 Å². The van der Waals surface area contributed by atoms with E-state index in [-0.39, 0.29) is 106 Å². The number of imidazole rings is 1. The van der Waals surface area contributed by atoms with Crippen molar-refractivity contribution in [2.45, 2.75) is 94.2 Å². The Morgan fingerprint density at radius 2 is 1.61 bits per heavy atom. The molecule has 6 aliphatic heterocycles. The average molecular weight is 1050 g/mol. The highest BCUT2D eigenvalue weighted by molar-refractivity contribution is 6.03. The maximum Gasteiger partial charge on any atom is 0.329 e. The number of piperidine rings is 3. The molecule has 398 valence electrons. The van der Waals surface area contributed by atoms with Crippen LogP contribution in [-0.2, 0) is 21.4 Å².